The van der Waals surface area contributed by atoms with E-state index in [9.17, 15) is 0 Å². The predicted molar refractivity (Wildman–Crippen MR) is 76.1 cm³/mol. The van der Waals surface area contributed by atoms with Crippen molar-refractivity contribution in [3.63, 3.8) is 0 Å². The van der Waals surface area contributed by atoms with Crippen LogP contribution in [0.4, 0.5) is 0 Å². The number of morpholine rings is 1. The summed E-state index contributed by atoms with van der Waals surface area (Å²) in [6.07, 6.45) is 0. The molecule has 0 amide bonds. The molecule has 0 aromatic heterocycles. The molecule has 1 aliphatic rings. The summed E-state index contributed by atoms with van der Waals surface area (Å²) in [5, 5.41) is 5.94. The van der Waals surface area contributed by atoms with Crippen LogP contribution in [0, 0.1) is 0 Å². The summed E-state index contributed by atoms with van der Waals surface area (Å²) >= 11 is 0. The lowest BCUT2D eigenvalue weighted by molar-refractivity contribution is -0.145. The van der Waals surface area contributed by atoms with E-state index < -0.39 is 5.72 Å². The van der Waals surface area contributed by atoms with Crippen molar-refractivity contribution < 1.29 is 9.47 Å². The van der Waals surface area contributed by atoms with E-state index in [1.807, 2.05) is 6.92 Å². The van der Waals surface area contributed by atoms with Gasteiger partial charge in [0, 0.05) is 18.7 Å². The monoisotopic (exact) mass is 257 g/mol. The van der Waals surface area contributed by atoms with Crippen LogP contribution in [0.3, 0.4) is 0 Å². The second-order valence-electron chi connectivity index (χ2n) is 4.77. The highest BCUT2D eigenvalue weighted by Crippen LogP contribution is 2.31. The maximum Gasteiger partial charge on any atom is 0.169 e. The van der Waals surface area contributed by atoms with Gasteiger partial charge >= 0.3 is 0 Å². The highest BCUT2D eigenvalue weighted by molar-refractivity contribution is 5.86. The zero-order valence-electron chi connectivity index (χ0n) is 11.2. The molecule has 2 aromatic carbocycles. The SMILES string of the molecule is CCOC1(c2cccc3ccccc23)COCCN1. The van der Waals surface area contributed by atoms with Gasteiger partial charge < -0.3 is 9.47 Å². The Morgan fingerprint density at radius 1 is 1.21 bits per heavy atom. The summed E-state index contributed by atoms with van der Waals surface area (Å²) in [4.78, 5) is 0. The summed E-state index contributed by atoms with van der Waals surface area (Å²) in [6, 6.07) is 14.7. The minimum Gasteiger partial charge on any atom is -0.375 e. The first-order chi connectivity index (χ1) is 9.36. The van der Waals surface area contributed by atoms with Gasteiger partial charge in [0.15, 0.2) is 5.72 Å². The predicted octanol–water partition coefficient (Wildman–Crippen LogP) is 2.65. The molecule has 1 N–H and O–H groups in total. The second-order valence-corrected chi connectivity index (χ2v) is 4.77. The molecule has 0 spiro atoms. The van der Waals surface area contributed by atoms with E-state index >= 15 is 0 Å². The summed E-state index contributed by atoms with van der Waals surface area (Å²) in [5.41, 5.74) is 0.639. The Balaban J connectivity index is 2.14. The molecule has 3 rings (SSSR count). The number of ether oxygens (including phenoxy) is 2. The smallest absolute Gasteiger partial charge is 0.169 e. The minimum atomic E-state index is -0.520. The van der Waals surface area contributed by atoms with Gasteiger partial charge in [-0.2, -0.15) is 0 Å². The average Bonchev–Trinajstić information content (AvgIpc) is 2.48. The van der Waals surface area contributed by atoms with Gasteiger partial charge in [-0.05, 0) is 17.7 Å². The Hall–Kier alpha value is -1.42. The Labute approximate surface area is 113 Å². The number of nitrogens with one attached hydrogen (secondary N) is 1. The van der Waals surface area contributed by atoms with Crippen molar-refractivity contribution in [3.05, 3.63) is 48.0 Å². The van der Waals surface area contributed by atoms with Gasteiger partial charge in [0.05, 0.1) is 13.2 Å². The molecular formula is C16H19NO2. The van der Waals surface area contributed by atoms with Crippen LogP contribution in [0.15, 0.2) is 42.5 Å². The third kappa shape index (κ3) is 2.25. The average molecular weight is 257 g/mol. The lowest BCUT2D eigenvalue weighted by atomic mass is 9.95. The van der Waals surface area contributed by atoms with Crippen molar-refractivity contribution in [1.29, 1.82) is 0 Å². The van der Waals surface area contributed by atoms with Crippen molar-refractivity contribution in [3.8, 4) is 0 Å². The van der Waals surface area contributed by atoms with Gasteiger partial charge in [-0.15, -0.1) is 0 Å². The third-order valence-electron chi connectivity index (χ3n) is 3.58. The van der Waals surface area contributed by atoms with Crippen molar-refractivity contribution in [2.75, 3.05) is 26.4 Å². The van der Waals surface area contributed by atoms with Crippen LogP contribution in [0.2, 0.25) is 0 Å². The number of hydrogen-bond donors (Lipinski definition) is 1. The minimum absolute atomic E-state index is 0.520. The normalized spacial score (nSPS) is 23.6. The molecule has 3 heteroatoms. The Kier molecular flexibility index (Phi) is 3.51. The van der Waals surface area contributed by atoms with Crippen LogP contribution >= 0.6 is 0 Å². The van der Waals surface area contributed by atoms with Crippen LogP contribution in [0.5, 0.6) is 0 Å². The van der Waals surface area contributed by atoms with Crippen molar-refractivity contribution >= 4 is 10.8 Å². The maximum atomic E-state index is 6.03. The molecule has 19 heavy (non-hydrogen) atoms. The lowest BCUT2D eigenvalue weighted by Gasteiger charge is -2.38. The van der Waals surface area contributed by atoms with Crippen molar-refractivity contribution in [2.45, 2.75) is 12.6 Å². The summed E-state index contributed by atoms with van der Waals surface area (Å²) in [5.74, 6) is 0. The van der Waals surface area contributed by atoms with Gasteiger partial charge in [0.2, 0.25) is 0 Å². The number of rotatable bonds is 3. The Bertz CT molecular complexity index is 551. The van der Waals surface area contributed by atoms with Crippen molar-refractivity contribution in [1.82, 2.24) is 5.32 Å². The topological polar surface area (TPSA) is 30.5 Å². The molecule has 1 fully saturated rings. The quantitative estimate of drug-likeness (QED) is 0.917. The molecule has 1 aliphatic heterocycles. The molecule has 1 saturated heterocycles. The Morgan fingerprint density at radius 3 is 2.84 bits per heavy atom. The molecule has 2 aromatic rings. The van der Waals surface area contributed by atoms with E-state index in [1.54, 1.807) is 0 Å². The molecule has 0 radical (unpaired) electrons. The van der Waals surface area contributed by atoms with Gasteiger partial charge in [0.1, 0.15) is 0 Å². The zero-order chi connectivity index (χ0) is 13.1. The first-order valence-corrected chi connectivity index (χ1v) is 6.81. The summed E-state index contributed by atoms with van der Waals surface area (Å²) < 4.78 is 11.7. The van der Waals surface area contributed by atoms with Crippen molar-refractivity contribution in [2.24, 2.45) is 0 Å². The van der Waals surface area contributed by atoms with Crippen LogP contribution in [0.1, 0.15) is 12.5 Å². The standard InChI is InChI=1S/C16H19NO2/c1-2-19-16(12-18-11-10-17-16)15-9-5-7-13-6-3-4-8-14(13)15/h3-9,17H,2,10-12H2,1H3. The number of benzene rings is 2. The molecule has 3 nitrogen and oxygen atoms in total. The van der Waals surface area contributed by atoms with E-state index in [-0.39, 0.29) is 0 Å². The molecule has 1 heterocycles. The zero-order valence-corrected chi connectivity index (χ0v) is 11.2. The van der Waals surface area contributed by atoms with E-state index in [4.69, 9.17) is 9.47 Å². The summed E-state index contributed by atoms with van der Waals surface area (Å²) in [6.45, 7) is 4.76. The van der Waals surface area contributed by atoms with E-state index in [1.165, 1.54) is 10.8 Å². The van der Waals surface area contributed by atoms with Gasteiger partial charge in [-0.25, -0.2) is 0 Å². The molecule has 0 aliphatic carbocycles. The number of hydrogen-bond acceptors (Lipinski definition) is 3. The Morgan fingerprint density at radius 2 is 2.05 bits per heavy atom. The van der Waals surface area contributed by atoms with Gasteiger partial charge in [-0.3, -0.25) is 5.32 Å². The molecule has 1 atom stereocenters. The van der Waals surface area contributed by atoms with E-state index in [0.717, 1.165) is 18.7 Å². The molecule has 1 unspecified atom stereocenters. The van der Waals surface area contributed by atoms with E-state index in [0.29, 0.717) is 13.2 Å². The van der Waals surface area contributed by atoms with Crippen LogP contribution in [-0.2, 0) is 15.2 Å². The van der Waals surface area contributed by atoms with E-state index in [2.05, 4.69) is 47.8 Å². The van der Waals surface area contributed by atoms with Gasteiger partial charge in [-0.1, -0.05) is 42.5 Å². The molecule has 0 saturated carbocycles. The fourth-order valence-electron chi connectivity index (χ4n) is 2.76. The molecular weight excluding hydrogens is 238 g/mol. The molecule has 100 valence electrons. The van der Waals surface area contributed by atoms with Crippen LogP contribution in [0.25, 0.3) is 10.8 Å². The molecule has 0 bridgehead atoms. The lowest BCUT2D eigenvalue weighted by Crippen LogP contribution is -2.53. The maximum absolute atomic E-state index is 6.03. The first-order valence-electron chi connectivity index (χ1n) is 6.81. The number of fused-ring (bicyclic) bond motifs is 1. The fraction of sp³-hybridized carbons (Fsp3) is 0.375. The highest BCUT2D eigenvalue weighted by atomic mass is 16.6. The summed E-state index contributed by atoms with van der Waals surface area (Å²) in [7, 11) is 0. The third-order valence-corrected chi connectivity index (χ3v) is 3.58. The fourth-order valence-corrected chi connectivity index (χ4v) is 2.76. The second kappa shape index (κ2) is 5.29. The van der Waals surface area contributed by atoms with Gasteiger partial charge in [0.25, 0.3) is 0 Å². The largest absolute Gasteiger partial charge is 0.375 e. The first kappa shape index (κ1) is 12.6. The van der Waals surface area contributed by atoms with Crippen LogP contribution < -0.4 is 5.32 Å². The highest BCUT2D eigenvalue weighted by Gasteiger charge is 2.36. The van der Waals surface area contributed by atoms with Crippen LogP contribution in [-0.4, -0.2) is 26.4 Å².